The zero-order valence-corrected chi connectivity index (χ0v) is 11.3. The number of nitrogens with one attached hydrogen (secondary N) is 3. The Balaban J connectivity index is 1.84. The van der Waals surface area contributed by atoms with Crippen molar-refractivity contribution in [1.29, 1.82) is 0 Å². The van der Waals surface area contributed by atoms with E-state index in [0.29, 0.717) is 29.8 Å². The molecule has 8 nitrogen and oxygen atoms in total. The van der Waals surface area contributed by atoms with Crippen LogP contribution in [-0.4, -0.2) is 32.0 Å². The number of aromatic nitrogens is 5. The summed E-state index contributed by atoms with van der Waals surface area (Å²) in [6.45, 7) is 2.48. The van der Waals surface area contributed by atoms with E-state index in [1.54, 1.807) is 19.6 Å². The highest BCUT2D eigenvalue weighted by Gasteiger charge is 2.10. The van der Waals surface area contributed by atoms with Crippen LogP contribution in [0.5, 0.6) is 0 Å². The smallest absolute Gasteiger partial charge is 0.226 e. The summed E-state index contributed by atoms with van der Waals surface area (Å²) in [5.74, 6) is 2.66. The first-order valence-corrected chi connectivity index (χ1v) is 6.36. The quantitative estimate of drug-likeness (QED) is 0.647. The second-order valence-corrected chi connectivity index (χ2v) is 4.17. The molecule has 0 aromatic carbocycles. The molecular weight excluding hydrogens is 258 g/mol. The van der Waals surface area contributed by atoms with Crippen molar-refractivity contribution in [3.05, 3.63) is 24.2 Å². The Morgan fingerprint density at radius 1 is 1.30 bits per heavy atom. The number of rotatable bonds is 5. The van der Waals surface area contributed by atoms with Gasteiger partial charge in [-0.05, 0) is 0 Å². The summed E-state index contributed by atoms with van der Waals surface area (Å²) in [7, 11) is 1.76. The molecule has 20 heavy (non-hydrogen) atoms. The number of anilines is 2. The summed E-state index contributed by atoms with van der Waals surface area (Å²) in [5.41, 5.74) is 1.36. The molecule has 0 saturated carbocycles. The van der Waals surface area contributed by atoms with E-state index < -0.39 is 0 Å². The van der Waals surface area contributed by atoms with E-state index in [9.17, 15) is 0 Å². The number of hydrogen-bond donors (Lipinski definition) is 3. The van der Waals surface area contributed by atoms with Gasteiger partial charge in [0.15, 0.2) is 11.5 Å². The predicted molar refractivity (Wildman–Crippen MR) is 74.4 cm³/mol. The second kappa shape index (κ2) is 5.16. The number of oxazole rings is 1. The number of aryl methyl sites for hydroxylation is 1. The lowest BCUT2D eigenvalue weighted by Gasteiger charge is -2.06. The summed E-state index contributed by atoms with van der Waals surface area (Å²) in [4.78, 5) is 20.0. The molecule has 0 fully saturated rings. The van der Waals surface area contributed by atoms with E-state index in [2.05, 4.69) is 35.6 Å². The first kappa shape index (κ1) is 12.4. The van der Waals surface area contributed by atoms with Gasteiger partial charge >= 0.3 is 0 Å². The van der Waals surface area contributed by atoms with Gasteiger partial charge in [-0.1, -0.05) is 6.92 Å². The molecule has 3 rings (SSSR count). The second-order valence-electron chi connectivity index (χ2n) is 4.17. The molecule has 0 bridgehead atoms. The zero-order chi connectivity index (χ0) is 13.9. The summed E-state index contributed by atoms with van der Waals surface area (Å²) in [6, 6.07) is 0. The van der Waals surface area contributed by atoms with Gasteiger partial charge in [-0.3, -0.25) is 0 Å². The highest BCUT2D eigenvalue weighted by molar-refractivity contribution is 5.83. The van der Waals surface area contributed by atoms with E-state index in [1.165, 1.54) is 0 Å². The highest BCUT2D eigenvalue weighted by atomic mass is 16.4. The summed E-state index contributed by atoms with van der Waals surface area (Å²) < 4.78 is 5.55. The lowest BCUT2D eigenvalue weighted by Crippen LogP contribution is -2.05. The molecule has 0 amide bonds. The maximum atomic E-state index is 5.55. The largest absolute Gasteiger partial charge is 0.444 e. The van der Waals surface area contributed by atoms with Crippen molar-refractivity contribution in [2.45, 2.75) is 19.9 Å². The maximum absolute atomic E-state index is 5.55. The fourth-order valence-electron chi connectivity index (χ4n) is 1.83. The average molecular weight is 273 g/mol. The molecule has 3 N–H and O–H groups in total. The van der Waals surface area contributed by atoms with Crippen molar-refractivity contribution in [2.24, 2.45) is 0 Å². The molecule has 0 aliphatic carbocycles. The molecule has 3 aromatic heterocycles. The Morgan fingerprint density at radius 2 is 2.20 bits per heavy atom. The minimum Gasteiger partial charge on any atom is -0.444 e. The van der Waals surface area contributed by atoms with Crippen LogP contribution in [0.1, 0.15) is 18.6 Å². The third-order valence-electron chi connectivity index (χ3n) is 2.87. The number of fused-ring (bicyclic) bond motifs is 1. The van der Waals surface area contributed by atoms with Gasteiger partial charge in [0.05, 0.1) is 19.1 Å². The van der Waals surface area contributed by atoms with Crippen molar-refractivity contribution < 1.29 is 4.42 Å². The SMILES string of the molecule is CCc1cnc(CNc2nc(NC)nc3nc[nH]c23)o1. The molecular formula is C12H15N7O. The van der Waals surface area contributed by atoms with Gasteiger partial charge < -0.3 is 20.0 Å². The highest BCUT2D eigenvalue weighted by Crippen LogP contribution is 2.19. The van der Waals surface area contributed by atoms with Gasteiger partial charge in [-0.2, -0.15) is 9.97 Å². The van der Waals surface area contributed by atoms with Crippen molar-refractivity contribution in [3.8, 4) is 0 Å². The van der Waals surface area contributed by atoms with E-state index >= 15 is 0 Å². The topological polar surface area (TPSA) is 105 Å². The lowest BCUT2D eigenvalue weighted by molar-refractivity contribution is 0.465. The molecule has 0 unspecified atom stereocenters. The fraction of sp³-hybridized carbons (Fsp3) is 0.333. The van der Waals surface area contributed by atoms with Gasteiger partial charge in [0.1, 0.15) is 11.3 Å². The van der Waals surface area contributed by atoms with Crippen molar-refractivity contribution in [2.75, 3.05) is 17.7 Å². The molecule has 0 aliphatic rings. The van der Waals surface area contributed by atoms with Crippen LogP contribution in [0.4, 0.5) is 11.8 Å². The molecule has 0 saturated heterocycles. The lowest BCUT2D eigenvalue weighted by atomic mass is 10.4. The van der Waals surface area contributed by atoms with Crippen LogP contribution in [0.2, 0.25) is 0 Å². The number of hydrogen-bond acceptors (Lipinski definition) is 7. The van der Waals surface area contributed by atoms with E-state index in [4.69, 9.17) is 4.42 Å². The van der Waals surface area contributed by atoms with Crippen molar-refractivity contribution in [1.82, 2.24) is 24.9 Å². The minimum atomic E-state index is 0.453. The Morgan fingerprint density at radius 3 is 2.95 bits per heavy atom. The van der Waals surface area contributed by atoms with Crippen LogP contribution < -0.4 is 10.6 Å². The Kier molecular flexibility index (Phi) is 3.20. The maximum Gasteiger partial charge on any atom is 0.226 e. The van der Waals surface area contributed by atoms with Crippen LogP contribution >= 0.6 is 0 Å². The van der Waals surface area contributed by atoms with Gasteiger partial charge in [-0.25, -0.2) is 9.97 Å². The van der Waals surface area contributed by atoms with Gasteiger partial charge in [-0.15, -0.1) is 0 Å². The van der Waals surface area contributed by atoms with Crippen LogP contribution in [-0.2, 0) is 13.0 Å². The summed E-state index contributed by atoms with van der Waals surface area (Å²) in [5, 5.41) is 6.09. The minimum absolute atomic E-state index is 0.453. The normalized spacial score (nSPS) is 10.9. The number of aromatic amines is 1. The number of H-pyrrole nitrogens is 1. The third kappa shape index (κ3) is 2.27. The van der Waals surface area contributed by atoms with Crippen LogP contribution in [0, 0.1) is 0 Å². The Labute approximate surface area is 115 Å². The molecule has 8 heteroatoms. The standard InChI is InChI=1S/C12H15N7O/c1-3-7-4-14-8(20-7)5-15-10-9-11(17-6-16-9)19-12(13-2)18-10/h4,6H,3,5H2,1-2H3,(H3,13,15,16,17,18,19). The van der Waals surface area contributed by atoms with E-state index in [-0.39, 0.29) is 0 Å². The van der Waals surface area contributed by atoms with Crippen LogP contribution in [0.3, 0.4) is 0 Å². The van der Waals surface area contributed by atoms with Crippen molar-refractivity contribution in [3.63, 3.8) is 0 Å². The van der Waals surface area contributed by atoms with Gasteiger partial charge in [0.2, 0.25) is 11.8 Å². The monoisotopic (exact) mass is 273 g/mol. The zero-order valence-electron chi connectivity index (χ0n) is 11.3. The van der Waals surface area contributed by atoms with E-state index in [0.717, 1.165) is 17.7 Å². The summed E-state index contributed by atoms with van der Waals surface area (Å²) in [6.07, 6.45) is 4.15. The van der Waals surface area contributed by atoms with Gasteiger partial charge in [0.25, 0.3) is 0 Å². The fourth-order valence-corrected chi connectivity index (χ4v) is 1.83. The Bertz CT molecular complexity index is 717. The van der Waals surface area contributed by atoms with Crippen LogP contribution in [0.25, 0.3) is 11.2 Å². The summed E-state index contributed by atoms with van der Waals surface area (Å²) >= 11 is 0. The molecule has 0 radical (unpaired) electrons. The molecule has 0 spiro atoms. The molecule has 3 heterocycles. The Hall–Kier alpha value is -2.64. The van der Waals surface area contributed by atoms with Crippen LogP contribution in [0.15, 0.2) is 16.9 Å². The number of imidazole rings is 1. The van der Waals surface area contributed by atoms with Crippen molar-refractivity contribution >= 4 is 22.9 Å². The average Bonchev–Trinajstić information content (AvgIpc) is 3.12. The molecule has 3 aromatic rings. The molecule has 0 aliphatic heterocycles. The number of nitrogens with zero attached hydrogens (tertiary/aromatic N) is 4. The first-order chi connectivity index (χ1) is 9.80. The predicted octanol–water partition coefficient (Wildman–Crippen LogP) is 1.56. The molecule has 104 valence electrons. The third-order valence-corrected chi connectivity index (χ3v) is 2.87. The molecule has 0 atom stereocenters. The van der Waals surface area contributed by atoms with E-state index in [1.807, 2.05) is 6.92 Å². The van der Waals surface area contributed by atoms with Gasteiger partial charge in [0, 0.05) is 13.5 Å². The first-order valence-electron chi connectivity index (χ1n) is 6.36.